The summed E-state index contributed by atoms with van der Waals surface area (Å²) in [4.78, 5) is 31.5. The molecule has 8 nitrogen and oxygen atoms in total. The molecule has 0 aliphatic carbocycles. The third kappa shape index (κ3) is 2.51. The van der Waals surface area contributed by atoms with Gasteiger partial charge in [-0.1, -0.05) is 0 Å². The maximum Gasteiger partial charge on any atom is 0.339 e. The van der Waals surface area contributed by atoms with Crippen LogP contribution in [0.4, 0.5) is 5.69 Å². The number of pyridine rings is 1. The van der Waals surface area contributed by atoms with Crippen LogP contribution in [-0.4, -0.2) is 39.2 Å². The van der Waals surface area contributed by atoms with E-state index < -0.39 is 5.97 Å². The lowest BCUT2D eigenvalue weighted by Gasteiger charge is -2.05. The van der Waals surface area contributed by atoms with E-state index in [0.717, 1.165) is 11.1 Å². The largest absolute Gasteiger partial charge is 0.465 e. The molecule has 0 bridgehead atoms. The number of esters is 1. The molecule has 0 atom stereocenters. The van der Waals surface area contributed by atoms with E-state index in [-0.39, 0.29) is 5.91 Å². The summed E-state index contributed by atoms with van der Waals surface area (Å²) in [5.74, 6) is -0.828. The molecule has 0 aromatic carbocycles. The standard InChI is InChI=1S/C16H17N5O3/c1-7-12(16(23)24-4)9(3)18-13(7)15(22)19-10-5-11-8(2)20-21-14(11)17-6-10/h5-6,18H,1-4H3,(H,19,22)(H,17,20,21). The molecule has 24 heavy (non-hydrogen) atoms. The summed E-state index contributed by atoms with van der Waals surface area (Å²) < 4.78 is 4.75. The van der Waals surface area contributed by atoms with Crippen molar-refractivity contribution in [3.05, 3.63) is 40.5 Å². The van der Waals surface area contributed by atoms with Crippen molar-refractivity contribution in [3.8, 4) is 0 Å². The number of aromatic amines is 2. The fourth-order valence-corrected chi connectivity index (χ4v) is 2.67. The van der Waals surface area contributed by atoms with Crippen LogP contribution in [0, 0.1) is 20.8 Å². The van der Waals surface area contributed by atoms with Gasteiger partial charge in [0.15, 0.2) is 5.65 Å². The molecule has 1 amide bonds. The Hall–Kier alpha value is -3.16. The topological polar surface area (TPSA) is 113 Å². The molecule has 0 unspecified atom stereocenters. The van der Waals surface area contributed by atoms with E-state index in [4.69, 9.17) is 4.74 Å². The van der Waals surface area contributed by atoms with Crippen LogP contribution in [0.25, 0.3) is 11.0 Å². The maximum absolute atomic E-state index is 12.5. The highest BCUT2D eigenvalue weighted by atomic mass is 16.5. The van der Waals surface area contributed by atoms with Gasteiger partial charge >= 0.3 is 5.97 Å². The van der Waals surface area contributed by atoms with Gasteiger partial charge in [0, 0.05) is 16.8 Å². The Balaban J connectivity index is 1.91. The minimum Gasteiger partial charge on any atom is -0.465 e. The van der Waals surface area contributed by atoms with Gasteiger partial charge in [-0.05, 0) is 32.4 Å². The van der Waals surface area contributed by atoms with Crippen LogP contribution in [0.1, 0.15) is 37.8 Å². The van der Waals surface area contributed by atoms with Crippen LogP contribution >= 0.6 is 0 Å². The van der Waals surface area contributed by atoms with Crippen LogP contribution in [0.2, 0.25) is 0 Å². The minimum absolute atomic E-state index is 0.317. The Morgan fingerprint density at radius 3 is 2.67 bits per heavy atom. The van der Waals surface area contributed by atoms with E-state index in [1.807, 2.05) is 6.92 Å². The molecule has 8 heteroatoms. The molecule has 3 aromatic rings. The van der Waals surface area contributed by atoms with Gasteiger partial charge in [-0.2, -0.15) is 5.10 Å². The van der Waals surface area contributed by atoms with E-state index >= 15 is 0 Å². The average Bonchev–Trinajstić information content (AvgIpc) is 3.07. The number of hydrogen-bond donors (Lipinski definition) is 3. The highest BCUT2D eigenvalue weighted by Gasteiger charge is 2.22. The second-order valence-electron chi connectivity index (χ2n) is 5.51. The van der Waals surface area contributed by atoms with Crippen molar-refractivity contribution in [1.29, 1.82) is 0 Å². The van der Waals surface area contributed by atoms with Crippen LogP contribution in [-0.2, 0) is 4.74 Å². The molecule has 0 saturated carbocycles. The number of methoxy groups -OCH3 is 1. The molecule has 3 N–H and O–H groups in total. The first kappa shape index (κ1) is 15.7. The van der Waals surface area contributed by atoms with E-state index in [2.05, 4.69) is 25.5 Å². The van der Waals surface area contributed by atoms with Crippen LogP contribution < -0.4 is 5.32 Å². The number of amides is 1. The van der Waals surface area contributed by atoms with E-state index in [1.165, 1.54) is 13.3 Å². The number of aryl methyl sites for hydroxylation is 2. The number of fused-ring (bicyclic) bond motifs is 1. The summed E-state index contributed by atoms with van der Waals surface area (Å²) in [6.45, 7) is 5.30. The number of aromatic nitrogens is 4. The lowest BCUT2D eigenvalue weighted by atomic mass is 10.1. The lowest BCUT2D eigenvalue weighted by molar-refractivity contribution is 0.0599. The summed E-state index contributed by atoms with van der Waals surface area (Å²) in [6.07, 6.45) is 1.53. The third-order valence-electron chi connectivity index (χ3n) is 3.91. The molecule has 0 spiro atoms. The summed E-state index contributed by atoms with van der Waals surface area (Å²) in [7, 11) is 1.31. The molecular weight excluding hydrogens is 310 g/mol. The van der Waals surface area contributed by atoms with Crippen molar-refractivity contribution < 1.29 is 14.3 Å². The van der Waals surface area contributed by atoms with Crippen molar-refractivity contribution in [1.82, 2.24) is 20.2 Å². The Labute approximate surface area is 137 Å². The third-order valence-corrected chi connectivity index (χ3v) is 3.91. The molecule has 0 aliphatic rings. The molecule has 0 radical (unpaired) electrons. The number of carbonyl (C=O) groups is 2. The van der Waals surface area contributed by atoms with Crippen molar-refractivity contribution >= 4 is 28.6 Å². The zero-order valence-corrected chi connectivity index (χ0v) is 13.8. The second kappa shape index (κ2) is 5.80. The van der Waals surface area contributed by atoms with Gasteiger partial charge in [-0.15, -0.1) is 0 Å². The normalized spacial score (nSPS) is 10.8. The molecular formula is C16H17N5O3. The monoisotopic (exact) mass is 327 g/mol. The van der Waals surface area contributed by atoms with Gasteiger partial charge in [0.25, 0.3) is 5.91 Å². The van der Waals surface area contributed by atoms with E-state index in [9.17, 15) is 9.59 Å². The van der Waals surface area contributed by atoms with E-state index in [1.54, 1.807) is 19.9 Å². The van der Waals surface area contributed by atoms with Gasteiger partial charge in [-0.3, -0.25) is 9.89 Å². The molecule has 0 saturated heterocycles. The van der Waals surface area contributed by atoms with Gasteiger partial charge in [0.05, 0.1) is 24.6 Å². The summed E-state index contributed by atoms with van der Waals surface area (Å²) in [6, 6.07) is 1.80. The van der Waals surface area contributed by atoms with Crippen molar-refractivity contribution in [2.75, 3.05) is 12.4 Å². The first-order chi connectivity index (χ1) is 11.4. The summed E-state index contributed by atoms with van der Waals surface area (Å²) >= 11 is 0. The zero-order chi connectivity index (χ0) is 17.4. The van der Waals surface area contributed by atoms with Crippen molar-refractivity contribution in [3.63, 3.8) is 0 Å². The van der Waals surface area contributed by atoms with Gasteiger partial charge in [-0.25, -0.2) is 9.78 Å². The predicted octanol–water partition coefficient (Wildman–Crippen LogP) is 2.25. The van der Waals surface area contributed by atoms with Gasteiger partial charge in [0.2, 0.25) is 0 Å². The molecule has 0 fully saturated rings. The highest BCUT2D eigenvalue weighted by molar-refractivity contribution is 6.07. The first-order valence-electron chi connectivity index (χ1n) is 7.32. The van der Waals surface area contributed by atoms with Gasteiger partial charge < -0.3 is 15.0 Å². The number of anilines is 1. The van der Waals surface area contributed by atoms with Crippen molar-refractivity contribution in [2.45, 2.75) is 20.8 Å². The Morgan fingerprint density at radius 1 is 1.21 bits per heavy atom. The Kier molecular flexibility index (Phi) is 3.80. The van der Waals surface area contributed by atoms with Crippen LogP contribution in [0.3, 0.4) is 0 Å². The molecule has 3 aromatic heterocycles. The molecule has 124 valence electrons. The predicted molar refractivity (Wildman–Crippen MR) is 88.2 cm³/mol. The number of hydrogen-bond acceptors (Lipinski definition) is 5. The number of nitrogens with zero attached hydrogens (tertiary/aromatic N) is 2. The molecule has 3 rings (SSSR count). The Morgan fingerprint density at radius 2 is 1.96 bits per heavy atom. The minimum atomic E-state index is -0.475. The number of H-pyrrole nitrogens is 2. The van der Waals surface area contributed by atoms with Crippen LogP contribution in [0.15, 0.2) is 12.3 Å². The second-order valence-corrected chi connectivity index (χ2v) is 5.51. The summed E-state index contributed by atoms with van der Waals surface area (Å²) in [5.41, 5.74) is 3.83. The van der Waals surface area contributed by atoms with Crippen molar-refractivity contribution in [2.24, 2.45) is 0 Å². The highest BCUT2D eigenvalue weighted by Crippen LogP contribution is 2.21. The zero-order valence-electron chi connectivity index (χ0n) is 13.8. The lowest BCUT2D eigenvalue weighted by Crippen LogP contribution is -2.14. The fraction of sp³-hybridized carbons (Fsp3) is 0.250. The fourth-order valence-electron chi connectivity index (χ4n) is 2.67. The summed E-state index contributed by atoms with van der Waals surface area (Å²) in [5, 5.41) is 10.5. The SMILES string of the molecule is COC(=O)c1c(C)[nH]c(C(=O)Nc2cnc3n[nH]c(C)c3c2)c1C. The smallest absolute Gasteiger partial charge is 0.339 e. The quantitative estimate of drug-likeness (QED) is 0.639. The first-order valence-corrected chi connectivity index (χ1v) is 7.32. The number of carbonyl (C=O) groups excluding carboxylic acids is 2. The average molecular weight is 327 g/mol. The Bertz CT molecular complexity index is 954. The van der Waals surface area contributed by atoms with Crippen LogP contribution in [0.5, 0.6) is 0 Å². The molecule has 0 aliphatic heterocycles. The number of rotatable bonds is 3. The van der Waals surface area contributed by atoms with Gasteiger partial charge in [0.1, 0.15) is 5.69 Å². The number of ether oxygens (including phenoxy) is 1. The van der Waals surface area contributed by atoms with E-state index in [0.29, 0.717) is 33.8 Å². The maximum atomic E-state index is 12.5. The number of nitrogens with one attached hydrogen (secondary N) is 3. The molecule has 3 heterocycles.